The van der Waals surface area contributed by atoms with E-state index in [2.05, 4.69) is 0 Å². The Morgan fingerprint density at radius 3 is 2.41 bits per heavy atom. The van der Waals surface area contributed by atoms with Gasteiger partial charge in [-0.05, 0) is 42.0 Å². The van der Waals surface area contributed by atoms with Gasteiger partial charge in [0.25, 0.3) is 5.91 Å². The molecule has 1 atom stereocenters. The maximum Gasteiger partial charge on any atom is 0.267 e. The molecular weight excluding hydrogens is 368 g/mol. The zero-order chi connectivity index (χ0) is 20.2. The number of nitrogens with zero attached hydrogens (tertiary/aromatic N) is 2. The number of fused-ring (bicyclic) bond motifs is 1. The van der Waals surface area contributed by atoms with Crippen molar-refractivity contribution < 1.29 is 18.7 Å². The SMILES string of the molecule is CN(C)c1ccc(CN(Cc2ccco2)C(=O)C2COc3ccccc3O2)cc1. The summed E-state index contributed by atoms with van der Waals surface area (Å²) in [5, 5.41) is 0. The Hall–Kier alpha value is -3.41. The molecule has 1 amide bonds. The number of carbonyl (C=O) groups is 1. The van der Waals surface area contributed by atoms with Gasteiger partial charge < -0.3 is 23.7 Å². The third-order valence-electron chi connectivity index (χ3n) is 4.85. The molecule has 150 valence electrons. The second kappa shape index (κ2) is 8.31. The Kier molecular flexibility index (Phi) is 5.42. The summed E-state index contributed by atoms with van der Waals surface area (Å²) in [6.45, 7) is 1.00. The van der Waals surface area contributed by atoms with E-state index in [0.717, 1.165) is 17.0 Å². The first-order valence-electron chi connectivity index (χ1n) is 9.56. The first-order valence-corrected chi connectivity index (χ1v) is 9.56. The minimum Gasteiger partial charge on any atom is -0.485 e. The predicted molar refractivity (Wildman–Crippen MR) is 110 cm³/mol. The van der Waals surface area contributed by atoms with Crippen molar-refractivity contribution in [1.29, 1.82) is 0 Å². The number of ether oxygens (including phenoxy) is 2. The van der Waals surface area contributed by atoms with E-state index < -0.39 is 6.10 Å². The normalized spacial score (nSPS) is 15.0. The highest BCUT2D eigenvalue weighted by atomic mass is 16.6. The molecule has 0 saturated heterocycles. The molecule has 2 heterocycles. The van der Waals surface area contributed by atoms with Crippen LogP contribution in [-0.2, 0) is 17.9 Å². The molecule has 1 aliphatic rings. The molecule has 1 aliphatic heterocycles. The fourth-order valence-corrected chi connectivity index (χ4v) is 3.27. The number of rotatable bonds is 6. The molecule has 6 nitrogen and oxygen atoms in total. The van der Waals surface area contributed by atoms with Crippen LogP contribution in [0.15, 0.2) is 71.3 Å². The Morgan fingerprint density at radius 2 is 1.72 bits per heavy atom. The molecule has 0 N–H and O–H groups in total. The molecule has 0 spiro atoms. The monoisotopic (exact) mass is 392 g/mol. The molecule has 0 fully saturated rings. The molecule has 1 aromatic heterocycles. The summed E-state index contributed by atoms with van der Waals surface area (Å²) >= 11 is 0. The molecular formula is C23H24N2O4. The van der Waals surface area contributed by atoms with Crippen LogP contribution in [0.3, 0.4) is 0 Å². The van der Waals surface area contributed by atoms with Gasteiger partial charge >= 0.3 is 0 Å². The summed E-state index contributed by atoms with van der Waals surface area (Å²) in [6, 6.07) is 19.2. The average Bonchev–Trinajstić information content (AvgIpc) is 3.26. The van der Waals surface area contributed by atoms with Crippen molar-refractivity contribution in [3.8, 4) is 11.5 Å². The van der Waals surface area contributed by atoms with Gasteiger partial charge in [0.05, 0.1) is 12.8 Å². The van der Waals surface area contributed by atoms with Crippen LogP contribution in [-0.4, -0.2) is 37.6 Å². The lowest BCUT2D eigenvalue weighted by atomic mass is 10.1. The van der Waals surface area contributed by atoms with E-state index in [1.807, 2.05) is 79.7 Å². The number of furan rings is 1. The van der Waals surface area contributed by atoms with Crippen LogP contribution in [0.4, 0.5) is 5.69 Å². The van der Waals surface area contributed by atoms with Gasteiger partial charge in [-0.1, -0.05) is 24.3 Å². The minimum absolute atomic E-state index is 0.132. The van der Waals surface area contributed by atoms with Crippen LogP contribution in [0.2, 0.25) is 0 Å². The van der Waals surface area contributed by atoms with Gasteiger partial charge in [0, 0.05) is 26.3 Å². The first-order chi connectivity index (χ1) is 14.1. The van der Waals surface area contributed by atoms with Crippen molar-refractivity contribution in [2.75, 3.05) is 25.6 Å². The third kappa shape index (κ3) is 4.37. The van der Waals surface area contributed by atoms with Gasteiger partial charge in [-0.2, -0.15) is 0 Å². The van der Waals surface area contributed by atoms with Crippen LogP contribution >= 0.6 is 0 Å². The fourth-order valence-electron chi connectivity index (χ4n) is 3.27. The molecule has 29 heavy (non-hydrogen) atoms. The maximum absolute atomic E-state index is 13.3. The summed E-state index contributed by atoms with van der Waals surface area (Å²) < 4.78 is 17.1. The number of benzene rings is 2. The number of hydrogen-bond donors (Lipinski definition) is 0. The second-order valence-electron chi connectivity index (χ2n) is 7.20. The summed E-state index contributed by atoms with van der Waals surface area (Å²) in [4.78, 5) is 17.1. The van der Waals surface area contributed by atoms with Gasteiger partial charge in [-0.25, -0.2) is 0 Å². The second-order valence-corrected chi connectivity index (χ2v) is 7.20. The van der Waals surface area contributed by atoms with Gasteiger partial charge in [0.2, 0.25) is 6.10 Å². The van der Waals surface area contributed by atoms with Crippen molar-refractivity contribution in [1.82, 2.24) is 4.90 Å². The van der Waals surface area contributed by atoms with E-state index in [1.165, 1.54) is 0 Å². The first kappa shape index (κ1) is 18.9. The van der Waals surface area contributed by atoms with E-state index in [4.69, 9.17) is 13.9 Å². The van der Waals surface area contributed by atoms with Gasteiger partial charge in [0.15, 0.2) is 11.5 Å². The molecule has 6 heteroatoms. The van der Waals surface area contributed by atoms with Crippen molar-refractivity contribution >= 4 is 11.6 Å². The molecule has 4 rings (SSSR count). The van der Waals surface area contributed by atoms with Gasteiger partial charge in [0.1, 0.15) is 12.4 Å². The highest BCUT2D eigenvalue weighted by Crippen LogP contribution is 2.31. The number of para-hydroxylation sites is 2. The average molecular weight is 392 g/mol. The number of amides is 1. The van der Waals surface area contributed by atoms with Crippen molar-refractivity contribution in [3.05, 3.63) is 78.3 Å². The Morgan fingerprint density at radius 1 is 0.966 bits per heavy atom. The van der Waals surface area contributed by atoms with Crippen LogP contribution < -0.4 is 14.4 Å². The molecule has 2 aromatic carbocycles. The molecule has 0 saturated carbocycles. The van der Waals surface area contributed by atoms with E-state index in [1.54, 1.807) is 11.2 Å². The van der Waals surface area contributed by atoms with E-state index in [-0.39, 0.29) is 12.5 Å². The molecule has 0 bridgehead atoms. The Balaban J connectivity index is 1.53. The highest BCUT2D eigenvalue weighted by Gasteiger charge is 2.31. The largest absolute Gasteiger partial charge is 0.485 e. The summed E-state index contributed by atoms with van der Waals surface area (Å²) in [5.41, 5.74) is 2.14. The topological polar surface area (TPSA) is 55.2 Å². The predicted octanol–water partition coefficient (Wildman–Crippen LogP) is 3.71. The van der Waals surface area contributed by atoms with Crippen LogP contribution in [0.5, 0.6) is 11.5 Å². The molecule has 3 aromatic rings. The maximum atomic E-state index is 13.3. The lowest BCUT2D eigenvalue weighted by Gasteiger charge is -2.30. The van der Waals surface area contributed by atoms with Crippen LogP contribution in [0.25, 0.3) is 0 Å². The Bertz CT molecular complexity index is 951. The standard InChI is InChI=1S/C23H24N2O4/c1-24(2)18-11-9-17(10-12-18)14-25(15-19-6-5-13-27-19)23(26)22-16-28-20-7-3-4-8-21(20)29-22/h3-13,22H,14-16H2,1-2H3. The van der Waals surface area contributed by atoms with Gasteiger partial charge in [-0.15, -0.1) is 0 Å². The van der Waals surface area contributed by atoms with Gasteiger partial charge in [-0.3, -0.25) is 4.79 Å². The summed E-state index contributed by atoms with van der Waals surface area (Å²) in [7, 11) is 4.00. The highest BCUT2D eigenvalue weighted by molar-refractivity contribution is 5.82. The molecule has 0 aliphatic carbocycles. The molecule has 0 radical (unpaired) electrons. The third-order valence-corrected chi connectivity index (χ3v) is 4.85. The Labute approximate surface area is 170 Å². The summed E-state index contributed by atoms with van der Waals surface area (Å²) in [6.07, 6.45) is 0.918. The fraction of sp³-hybridized carbons (Fsp3) is 0.261. The zero-order valence-electron chi connectivity index (χ0n) is 16.6. The summed E-state index contributed by atoms with van der Waals surface area (Å²) in [5.74, 6) is 1.84. The lowest BCUT2D eigenvalue weighted by molar-refractivity contribution is -0.142. The van der Waals surface area contributed by atoms with Crippen molar-refractivity contribution in [3.63, 3.8) is 0 Å². The minimum atomic E-state index is -0.694. The number of carbonyl (C=O) groups excluding carboxylic acids is 1. The number of hydrogen-bond acceptors (Lipinski definition) is 5. The molecule has 1 unspecified atom stereocenters. The zero-order valence-corrected chi connectivity index (χ0v) is 16.6. The van der Waals surface area contributed by atoms with Crippen molar-refractivity contribution in [2.45, 2.75) is 19.2 Å². The smallest absolute Gasteiger partial charge is 0.267 e. The van der Waals surface area contributed by atoms with E-state index in [0.29, 0.717) is 24.6 Å². The van der Waals surface area contributed by atoms with Crippen LogP contribution in [0, 0.1) is 0 Å². The lowest BCUT2D eigenvalue weighted by Crippen LogP contribution is -2.45. The van der Waals surface area contributed by atoms with E-state index in [9.17, 15) is 4.79 Å². The van der Waals surface area contributed by atoms with E-state index >= 15 is 0 Å². The number of anilines is 1. The van der Waals surface area contributed by atoms with Crippen molar-refractivity contribution in [2.24, 2.45) is 0 Å². The van der Waals surface area contributed by atoms with Crippen LogP contribution in [0.1, 0.15) is 11.3 Å². The quantitative estimate of drug-likeness (QED) is 0.640.